The van der Waals surface area contributed by atoms with Gasteiger partial charge in [-0.05, 0) is 39.2 Å². The fourth-order valence-corrected chi connectivity index (χ4v) is 3.90. The predicted molar refractivity (Wildman–Crippen MR) is 109 cm³/mol. The number of likely N-dealkylation sites (tertiary alicyclic amines) is 1. The minimum atomic E-state index is -0.511. The van der Waals surface area contributed by atoms with Crippen LogP contribution in [0.15, 0.2) is 30.3 Å². The first-order valence-corrected chi connectivity index (χ1v) is 10.3. The molecule has 154 valence electrons. The number of benzene rings is 1. The highest BCUT2D eigenvalue weighted by Crippen LogP contribution is 2.22. The van der Waals surface area contributed by atoms with Crippen LogP contribution in [0.5, 0.6) is 0 Å². The van der Waals surface area contributed by atoms with Crippen molar-refractivity contribution in [1.82, 2.24) is 14.7 Å². The van der Waals surface area contributed by atoms with E-state index in [0.29, 0.717) is 13.1 Å². The third-order valence-electron chi connectivity index (χ3n) is 5.36. The Labute approximate surface area is 168 Å². The van der Waals surface area contributed by atoms with Crippen LogP contribution in [0.4, 0.5) is 4.79 Å². The van der Waals surface area contributed by atoms with Gasteiger partial charge in [-0.25, -0.2) is 4.79 Å². The molecule has 0 spiro atoms. The Bertz CT molecular complexity index is 663. The fourth-order valence-electron chi connectivity index (χ4n) is 3.90. The second-order valence-electron chi connectivity index (χ2n) is 8.85. The van der Waals surface area contributed by atoms with Crippen LogP contribution in [0, 0.1) is 5.92 Å². The lowest BCUT2D eigenvalue weighted by Crippen LogP contribution is -2.53. The Balaban J connectivity index is 1.48. The van der Waals surface area contributed by atoms with E-state index in [1.54, 1.807) is 4.90 Å². The van der Waals surface area contributed by atoms with Crippen LogP contribution in [-0.4, -0.2) is 71.6 Å². The van der Waals surface area contributed by atoms with Crippen LogP contribution in [0.1, 0.15) is 39.2 Å². The first kappa shape index (κ1) is 20.6. The van der Waals surface area contributed by atoms with Gasteiger partial charge in [0, 0.05) is 45.8 Å². The molecule has 2 heterocycles. The summed E-state index contributed by atoms with van der Waals surface area (Å²) in [5.74, 6) is 0.0783. The van der Waals surface area contributed by atoms with Crippen LogP contribution < -0.4 is 0 Å². The molecular formula is C22H33N3O3. The van der Waals surface area contributed by atoms with Crippen LogP contribution in [-0.2, 0) is 16.1 Å². The first-order chi connectivity index (χ1) is 13.3. The molecule has 0 saturated carbocycles. The lowest BCUT2D eigenvalue weighted by molar-refractivity contribution is -0.139. The number of piperazine rings is 1. The Morgan fingerprint density at radius 3 is 2.32 bits per heavy atom. The van der Waals surface area contributed by atoms with E-state index < -0.39 is 5.60 Å². The fraction of sp³-hybridized carbons (Fsp3) is 0.636. The van der Waals surface area contributed by atoms with E-state index in [0.717, 1.165) is 45.6 Å². The van der Waals surface area contributed by atoms with Crippen molar-refractivity contribution in [2.24, 2.45) is 5.92 Å². The summed E-state index contributed by atoms with van der Waals surface area (Å²) in [6.07, 6.45) is 1.39. The molecule has 0 aliphatic carbocycles. The minimum Gasteiger partial charge on any atom is -0.444 e. The maximum Gasteiger partial charge on any atom is 0.410 e. The van der Waals surface area contributed by atoms with Gasteiger partial charge in [0.15, 0.2) is 0 Å². The number of amides is 2. The molecule has 0 N–H and O–H groups in total. The average molecular weight is 388 g/mol. The maximum atomic E-state index is 13.0. The third kappa shape index (κ3) is 5.71. The largest absolute Gasteiger partial charge is 0.444 e. The number of nitrogens with zero attached hydrogens (tertiary/aromatic N) is 3. The predicted octanol–water partition coefficient (Wildman–Crippen LogP) is 2.98. The summed E-state index contributed by atoms with van der Waals surface area (Å²) in [6.45, 7) is 11.0. The molecule has 1 atom stereocenters. The zero-order chi connectivity index (χ0) is 20.1. The van der Waals surface area contributed by atoms with Gasteiger partial charge in [0.1, 0.15) is 5.60 Å². The molecule has 28 heavy (non-hydrogen) atoms. The number of hydrogen-bond donors (Lipinski definition) is 0. The zero-order valence-electron chi connectivity index (χ0n) is 17.4. The smallest absolute Gasteiger partial charge is 0.410 e. The number of carbonyl (C=O) groups excluding carboxylic acids is 2. The number of piperidine rings is 1. The quantitative estimate of drug-likeness (QED) is 0.800. The van der Waals surface area contributed by atoms with Crippen molar-refractivity contribution in [3.05, 3.63) is 35.9 Å². The maximum absolute atomic E-state index is 13.0. The van der Waals surface area contributed by atoms with Gasteiger partial charge in [-0.15, -0.1) is 0 Å². The Hall–Kier alpha value is -2.08. The van der Waals surface area contributed by atoms with Gasteiger partial charge >= 0.3 is 6.09 Å². The van der Waals surface area contributed by atoms with E-state index in [9.17, 15) is 9.59 Å². The summed E-state index contributed by atoms with van der Waals surface area (Å²) in [5, 5.41) is 0. The zero-order valence-corrected chi connectivity index (χ0v) is 17.4. The molecular weight excluding hydrogens is 354 g/mol. The van der Waals surface area contributed by atoms with Gasteiger partial charge in [0.2, 0.25) is 5.91 Å². The van der Waals surface area contributed by atoms with Crippen LogP contribution in [0.2, 0.25) is 0 Å². The van der Waals surface area contributed by atoms with Crippen molar-refractivity contribution in [3.63, 3.8) is 0 Å². The highest BCUT2D eigenvalue weighted by Gasteiger charge is 2.34. The molecule has 2 aliphatic rings. The van der Waals surface area contributed by atoms with Crippen LogP contribution >= 0.6 is 0 Å². The summed E-state index contributed by atoms with van der Waals surface area (Å²) >= 11 is 0. The second kappa shape index (κ2) is 8.95. The molecule has 1 aromatic carbocycles. The lowest BCUT2D eigenvalue weighted by atomic mass is 9.96. The summed E-state index contributed by atoms with van der Waals surface area (Å²) < 4.78 is 5.48. The van der Waals surface area contributed by atoms with E-state index in [4.69, 9.17) is 4.74 Å². The Morgan fingerprint density at radius 2 is 1.68 bits per heavy atom. The van der Waals surface area contributed by atoms with E-state index in [1.165, 1.54) is 5.56 Å². The normalized spacial score (nSPS) is 21.5. The monoisotopic (exact) mass is 387 g/mol. The molecule has 2 fully saturated rings. The molecule has 2 aliphatic heterocycles. The lowest BCUT2D eigenvalue weighted by Gasteiger charge is -2.39. The van der Waals surface area contributed by atoms with Gasteiger partial charge in [-0.2, -0.15) is 0 Å². The van der Waals surface area contributed by atoms with Crippen molar-refractivity contribution in [1.29, 1.82) is 0 Å². The van der Waals surface area contributed by atoms with Gasteiger partial charge in [-0.1, -0.05) is 30.3 Å². The molecule has 3 rings (SSSR count). The SMILES string of the molecule is CC(C)(C)OC(=O)N1CCCC(C(=O)N2CCN(Cc3ccccc3)CC2)C1. The molecule has 0 radical (unpaired) electrons. The highest BCUT2D eigenvalue weighted by atomic mass is 16.6. The van der Waals surface area contributed by atoms with E-state index >= 15 is 0 Å². The Kier molecular flexibility index (Phi) is 6.60. The molecule has 2 amide bonds. The summed E-state index contributed by atoms with van der Waals surface area (Å²) in [5.41, 5.74) is 0.797. The molecule has 1 unspecified atom stereocenters. The molecule has 6 heteroatoms. The van der Waals surface area contributed by atoms with Crippen LogP contribution in [0.3, 0.4) is 0 Å². The molecule has 0 bridgehead atoms. The third-order valence-corrected chi connectivity index (χ3v) is 5.36. The first-order valence-electron chi connectivity index (χ1n) is 10.3. The average Bonchev–Trinajstić information content (AvgIpc) is 2.68. The Morgan fingerprint density at radius 1 is 1.00 bits per heavy atom. The molecule has 0 aromatic heterocycles. The molecule has 1 aromatic rings. The van der Waals surface area contributed by atoms with Crippen molar-refractivity contribution < 1.29 is 14.3 Å². The van der Waals surface area contributed by atoms with Gasteiger partial charge in [-0.3, -0.25) is 9.69 Å². The number of ether oxygens (including phenoxy) is 1. The van der Waals surface area contributed by atoms with Crippen molar-refractivity contribution in [3.8, 4) is 0 Å². The van der Waals surface area contributed by atoms with Crippen molar-refractivity contribution in [2.75, 3.05) is 39.3 Å². The van der Waals surface area contributed by atoms with E-state index in [2.05, 4.69) is 29.2 Å². The highest BCUT2D eigenvalue weighted by molar-refractivity contribution is 5.80. The van der Waals surface area contributed by atoms with Gasteiger partial charge < -0.3 is 14.5 Å². The molecule has 2 saturated heterocycles. The van der Waals surface area contributed by atoms with Gasteiger partial charge in [0.05, 0.1) is 5.92 Å². The second-order valence-corrected chi connectivity index (χ2v) is 8.85. The standard InChI is InChI=1S/C22H33N3O3/c1-22(2,3)28-21(27)25-11-7-10-19(17-25)20(26)24-14-12-23(13-15-24)16-18-8-5-4-6-9-18/h4-6,8-9,19H,7,10-17H2,1-3H3. The van der Waals surface area contributed by atoms with Gasteiger partial charge in [0.25, 0.3) is 0 Å². The number of hydrogen-bond acceptors (Lipinski definition) is 4. The minimum absolute atomic E-state index is 0.109. The van der Waals surface area contributed by atoms with E-state index in [1.807, 2.05) is 31.7 Å². The number of rotatable bonds is 3. The number of carbonyl (C=O) groups is 2. The van der Waals surface area contributed by atoms with Crippen molar-refractivity contribution in [2.45, 2.75) is 45.8 Å². The molecule has 6 nitrogen and oxygen atoms in total. The topological polar surface area (TPSA) is 53.1 Å². The summed E-state index contributed by atoms with van der Waals surface area (Å²) in [7, 11) is 0. The summed E-state index contributed by atoms with van der Waals surface area (Å²) in [4.78, 5) is 31.4. The van der Waals surface area contributed by atoms with Crippen LogP contribution in [0.25, 0.3) is 0 Å². The summed E-state index contributed by atoms with van der Waals surface area (Å²) in [6, 6.07) is 10.4. The van der Waals surface area contributed by atoms with E-state index in [-0.39, 0.29) is 17.9 Å². The van der Waals surface area contributed by atoms with Crippen molar-refractivity contribution >= 4 is 12.0 Å².